The van der Waals surface area contributed by atoms with E-state index in [4.69, 9.17) is 4.74 Å². The number of anilines is 2. The molecule has 0 bridgehead atoms. The van der Waals surface area contributed by atoms with Gasteiger partial charge in [0, 0.05) is 24.3 Å². The maximum absolute atomic E-state index is 13.0. The summed E-state index contributed by atoms with van der Waals surface area (Å²) in [4.78, 5) is 44.7. The van der Waals surface area contributed by atoms with Crippen molar-refractivity contribution in [1.29, 1.82) is 0 Å². The van der Waals surface area contributed by atoms with E-state index in [0.717, 1.165) is 53.8 Å². The molecule has 3 aromatic rings. The van der Waals surface area contributed by atoms with Crippen molar-refractivity contribution in [3.05, 3.63) is 66.4 Å². The number of hydrogen-bond donors (Lipinski definition) is 2. The number of nitrogens with one attached hydrogen (secondary N) is 2. The smallest absolute Gasteiger partial charge is 0.410 e. The largest absolute Gasteiger partial charge is 0.445 e. The lowest BCUT2D eigenvalue weighted by Gasteiger charge is -2.22. The highest BCUT2D eigenvalue weighted by Crippen LogP contribution is 2.31. The highest BCUT2D eigenvalue weighted by Gasteiger charge is 2.35. The number of aromatic nitrogens is 1. The molecule has 1 unspecified atom stereocenters. The minimum Gasteiger partial charge on any atom is -0.445 e. The van der Waals surface area contributed by atoms with Gasteiger partial charge in [-0.25, -0.2) is 9.78 Å². The summed E-state index contributed by atoms with van der Waals surface area (Å²) in [5.74, 6) is -0.0492. The average molecular weight is 519 g/mol. The van der Waals surface area contributed by atoms with Crippen LogP contribution in [0.25, 0.3) is 10.4 Å². The van der Waals surface area contributed by atoms with Crippen molar-refractivity contribution in [1.82, 2.24) is 9.88 Å². The number of hydrogen-bond acceptors (Lipinski definition) is 6. The van der Waals surface area contributed by atoms with E-state index in [1.165, 1.54) is 16.2 Å². The van der Waals surface area contributed by atoms with Crippen LogP contribution in [0.1, 0.15) is 44.1 Å². The van der Waals surface area contributed by atoms with Crippen LogP contribution in [0.3, 0.4) is 0 Å². The molecule has 1 aromatic heterocycles. The summed E-state index contributed by atoms with van der Waals surface area (Å²) in [5.41, 5.74) is 2.62. The number of nitrogens with zero attached hydrogens (tertiary/aromatic N) is 2. The number of rotatable bonds is 7. The zero-order valence-corrected chi connectivity index (χ0v) is 21.3. The molecule has 1 aliphatic heterocycles. The molecule has 9 heteroatoms. The Morgan fingerprint density at radius 2 is 1.68 bits per heavy atom. The molecule has 0 spiro atoms. The highest BCUT2D eigenvalue weighted by atomic mass is 32.1. The van der Waals surface area contributed by atoms with E-state index >= 15 is 0 Å². The summed E-state index contributed by atoms with van der Waals surface area (Å²) in [6.45, 7) is 0.655. The van der Waals surface area contributed by atoms with E-state index in [-0.39, 0.29) is 24.3 Å². The molecular weight excluding hydrogens is 488 g/mol. The summed E-state index contributed by atoms with van der Waals surface area (Å²) >= 11 is 1.37. The summed E-state index contributed by atoms with van der Waals surface area (Å²) in [6.07, 6.45) is 6.73. The molecule has 2 heterocycles. The molecule has 3 amide bonds. The van der Waals surface area contributed by atoms with Crippen molar-refractivity contribution in [2.24, 2.45) is 5.92 Å². The fourth-order valence-corrected chi connectivity index (χ4v) is 5.69. The second-order valence-corrected chi connectivity index (χ2v) is 10.5. The van der Waals surface area contributed by atoms with Crippen molar-refractivity contribution in [3.63, 3.8) is 0 Å². The Morgan fingerprint density at radius 3 is 2.43 bits per heavy atom. The number of carbonyl (C=O) groups is 3. The van der Waals surface area contributed by atoms with Crippen molar-refractivity contribution < 1.29 is 19.1 Å². The van der Waals surface area contributed by atoms with Gasteiger partial charge < -0.3 is 15.4 Å². The van der Waals surface area contributed by atoms with Crippen LogP contribution in [-0.4, -0.2) is 40.4 Å². The van der Waals surface area contributed by atoms with Crippen LogP contribution in [0.15, 0.2) is 60.8 Å². The van der Waals surface area contributed by atoms with Crippen LogP contribution in [-0.2, 0) is 20.9 Å². The van der Waals surface area contributed by atoms with E-state index in [1.54, 1.807) is 6.20 Å². The summed E-state index contributed by atoms with van der Waals surface area (Å²) < 4.78 is 5.43. The molecule has 2 fully saturated rings. The maximum atomic E-state index is 13.0. The average Bonchev–Trinajstić information content (AvgIpc) is 3.70. The Balaban J connectivity index is 1.15. The molecule has 8 nitrogen and oxygen atoms in total. The Morgan fingerprint density at radius 1 is 0.919 bits per heavy atom. The Kier molecular flexibility index (Phi) is 7.79. The molecule has 2 N–H and O–H groups in total. The second-order valence-electron chi connectivity index (χ2n) is 9.46. The molecule has 0 radical (unpaired) electrons. The lowest BCUT2D eigenvalue weighted by Crippen LogP contribution is -2.43. The van der Waals surface area contributed by atoms with E-state index in [1.807, 2.05) is 54.6 Å². The minimum atomic E-state index is -0.585. The SMILES string of the molecule is O=C(Nc1ccc(-c2cnc(NC(=O)C3CCCN3C(=O)OCc3ccccc3)s2)cc1)C1CCCC1. The van der Waals surface area contributed by atoms with Crippen molar-refractivity contribution in [2.75, 3.05) is 17.2 Å². The van der Waals surface area contributed by atoms with Crippen molar-refractivity contribution in [3.8, 4) is 10.4 Å². The number of ether oxygens (including phenoxy) is 1. The van der Waals surface area contributed by atoms with Gasteiger partial charge in [-0.3, -0.25) is 14.5 Å². The van der Waals surface area contributed by atoms with Gasteiger partial charge in [-0.1, -0.05) is 66.6 Å². The molecule has 2 aliphatic rings. The van der Waals surface area contributed by atoms with Crippen LogP contribution < -0.4 is 10.6 Å². The topological polar surface area (TPSA) is 101 Å². The molecule has 37 heavy (non-hydrogen) atoms. The van der Waals surface area contributed by atoms with Crippen LogP contribution in [0, 0.1) is 5.92 Å². The molecule has 1 saturated carbocycles. The predicted molar refractivity (Wildman–Crippen MR) is 143 cm³/mol. The predicted octanol–water partition coefficient (Wildman–Crippen LogP) is 5.68. The zero-order valence-electron chi connectivity index (χ0n) is 20.5. The summed E-state index contributed by atoms with van der Waals surface area (Å²) in [5, 5.41) is 6.34. The van der Waals surface area contributed by atoms with Crippen LogP contribution >= 0.6 is 11.3 Å². The first-order valence-corrected chi connectivity index (χ1v) is 13.5. The Hall–Kier alpha value is -3.72. The Bertz CT molecular complexity index is 1240. The lowest BCUT2D eigenvalue weighted by atomic mass is 10.1. The third kappa shape index (κ3) is 6.17. The van der Waals surface area contributed by atoms with Gasteiger partial charge in [-0.05, 0) is 48.9 Å². The van der Waals surface area contributed by atoms with Gasteiger partial charge in [-0.15, -0.1) is 0 Å². The normalized spacial score (nSPS) is 17.5. The number of carbonyl (C=O) groups excluding carboxylic acids is 3. The van der Waals surface area contributed by atoms with Gasteiger partial charge in [0.1, 0.15) is 12.6 Å². The fourth-order valence-electron chi connectivity index (χ4n) is 4.86. The van der Waals surface area contributed by atoms with Gasteiger partial charge in [0.25, 0.3) is 0 Å². The number of amides is 3. The first-order chi connectivity index (χ1) is 18.1. The van der Waals surface area contributed by atoms with E-state index < -0.39 is 12.1 Å². The highest BCUT2D eigenvalue weighted by molar-refractivity contribution is 7.19. The monoisotopic (exact) mass is 518 g/mol. The van der Waals surface area contributed by atoms with E-state index in [9.17, 15) is 14.4 Å². The molecule has 2 aromatic carbocycles. The van der Waals surface area contributed by atoms with Gasteiger partial charge in [0.05, 0.1) is 4.88 Å². The van der Waals surface area contributed by atoms with Gasteiger partial charge in [0.15, 0.2) is 5.13 Å². The van der Waals surface area contributed by atoms with E-state index in [0.29, 0.717) is 18.1 Å². The maximum Gasteiger partial charge on any atom is 0.410 e. The van der Waals surface area contributed by atoms with Crippen molar-refractivity contribution >= 4 is 40.1 Å². The van der Waals surface area contributed by atoms with Gasteiger partial charge >= 0.3 is 6.09 Å². The van der Waals surface area contributed by atoms with Gasteiger partial charge in [-0.2, -0.15) is 0 Å². The third-order valence-corrected chi connectivity index (χ3v) is 7.86. The first-order valence-electron chi connectivity index (χ1n) is 12.7. The fraction of sp³-hybridized carbons (Fsp3) is 0.357. The summed E-state index contributed by atoms with van der Waals surface area (Å²) in [7, 11) is 0. The molecular formula is C28H30N4O4S. The number of benzene rings is 2. The minimum absolute atomic E-state index is 0.0953. The number of likely N-dealkylation sites (tertiary alicyclic amines) is 1. The molecule has 1 atom stereocenters. The first kappa shape index (κ1) is 25.0. The standard InChI is InChI=1S/C28H30N4O4S/c33-25(21-9-4-5-10-21)30-22-14-12-20(13-15-22)24-17-29-27(37-24)31-26(34)23-11-6-16-32(23)28(35)36-18-19-7-2-1-3-8-19/h1-3,7-8,12-15,17,21,23H,4-6,9-11,16,18H2,(H,30,33)(H,29,31,34). The molecule has 192 valence electrons. The number of thiazole rings is 1. The third-order valence-electron chi connectivity index (χ3n) is 6.89. The van der Waals surface area contributed by atoms with Crippen LogP contribution in [0.5, 0.6) is 0 Å². The van der Waals surface area contributed by atoms with Crippen LogP contribution in [0.2, 0.25) is 0 Å². The molecule has 1 aliphatic carbocycles. The zero-order chi connectivity index (χ0) is 25.6. The van der Waals surface area contributed by atoms with Gasteiger partial charge in [0.2, 0.25) is 11.8 Å². The quantitative estimate of drug-likeness (QED) is 0.419. The van der Waals surface area contributed by atoms with E-state index in [2.05, 4.69) is 15.6 Å². The summed E-state index contributed by atoms with van der Waals surface area (Å²) in [6, 6.07) is 16.5. The second kappa shape index (κ2) is 11.6. The lowest BCUT2D eigenvalue weighted by molar-refractivity contribution is -0.120. The van der Waals surface area contributed by atoms with Crippen molar-refractivity contribution in [2.45, 2.75) is 51.2 Å². The molecule has 5 rings (SSSR count). The van der Waals surface area contributed by atoms with Crippen LogP contribution in [0.4, 0.5) is 15.6 Å². The Labute approximate surface area is 220 Å². The molecule has 1 saturated heterocycles.